The lowest BCUT2D eigenvalue weighted by atomic mass is 10.1. The van der Waals surface area contributed by atoms with E-state index in [0.29, 0.717) is 17.1 Å². The summed E-state index contributed by atoms with van der Waals surface area (Å²) in [5.41, 5.74) is 0.686. The number of pyridine rings is 2. The Morgan fingerprint density at radius 2 is 2.05 bits per heavy atom. The van der Waals surface area contributed by atoms with Gasteiger partial charge in [-0.3, -0.25) is 4.79 Å². The molecule has 2 heterocycles. The minimum Gasteiger partial charge on any atom is -0.456 e. The molecule has 22 heavy (non-hydrogen) atoms. The number of carbonyl (C=O) groups excluding carboxylic acids is 1. The Bertz CT molecular complexity index is 811. The number of aryl methyl sites for hydroxylation is 1. The monoisotopic (exact) mass is 300 g/mol. The molecule has 0 spiro atoms. The molecule has 1 saturated carbocycles. The molecule has 2 aromatic heterocycles. The highest BCUT2D eigenvalue weighted by Gasteiger charge is 2.28. The Labute approximate surface area is 128 Å². The van der Waals surface area contributed by atoms with Crippen LogP contribution in [0.15, 0.2) is 23.3 Å². The summed E-state index contributed by atoms with van der Waals surface area (Å²) in [7, 11) is 0. The van der Waals surface area contributed by atoms with Gasteiger partial charge in [-0.15, -0.1) is 0 Å². The van der Waals surface area contributed by atoms with Gasteiger partial charge in [-0.05, 0) is 52.2 Å². The van der Waals surface area contributed by atoms with Crippen molar-refractivity contribution in [3.63, 3.8) is 0 Å². The van der Waals surface area contributed by atoms with Crippen molar-refractivity contribution >= 4 is 17.0 Å². The maximum atomic E-state index is 12.6. The summed E-state index contributed by atoms with van der Waals surface area (Å²) in [4.78, 5) is 29.4. The molecule has 5 heteroatoms. The maximum Gasteiger partial charge on any atom is 0.344 e. The van der Waals surface area contributed by atoms with Crippen LogP contribution in [0.1, 0.15) is 55.6 Å². The molecule has 0 radical (unpaired) electrons. The fourth-order valence-electron chi connectivity index (χ4n) is 2.45. The van der Waals surface area contributed by atoms with Crippen molar-refractivity contribution in [2.24, 2.45) is 0 Å². The number of hydrogen-bond donors (Lipinski definition) is 0. The van der Waals surface area contributed by atoms with Crippen LogP contribution in [0.4, 0.5) is 0 Å². The van der Waals surface area contributed by atoms with Crippen molar-refractivity contribution in [2.75, 3.05) is 0 Å². The molecular weight excluding hydrogens is 280 g/mol. The zero-order valence-electron chi connectivity index (χ0n) is 13.3. The predicted molar refractivity (Wildman–Crippen MR) is 84.2 cm³/mol. The number of esters is 1. The van der Waals surface area contributed by atoms with Crippen LogP contribution in [-0.4, -0.2) is 21.1 Å². The molecular formula is C17H20N2O3. The number of nitrogens with zero attached hydrogens (tertiary/aromatic N) is 2. The molecule has 1 aliphatic carbocycles. The van der Waals surface area contributed by atoms with Crippen LogP contribution in [0.25, 0.3) is 11.0 Å². The van der Waals surface area contributed by atoms with Crippen molar-refractivity contribution in [1.29, 1.82) is 0 Å². The quantitative estimate of drug-likeness (QED) is 0.800. The summed E-state index contributed by atoms with van der Waals surface area (Å²) in [5, 5.41) is 0.482. The Balaban J connectivity index is 2.20. The Hall–Kier alpha value is -2.17. The van der Waals surface area contributed by atoms with Gasteiger partial charge in [0.15, 0.2) is 0 Å². The zero-order valence-corrected chi connectivity index (χ0v) is 13.3. The minimum atomic E-state index is -0.631. The fourth-order valence-corrected chi connectivity index (χ4v) is 2.45. The fraction of sp³-hybridized carbons (Fsp3) is 0.471. The largest absolute Gasteiger partial charge is 0.456 e. The molecule has 0 saturated heterocycles. The second-order valence-electron chi connectivity index (χ2n) is 6.90. The van der Waals surface area contributed by atoms with Crippen LogP contribution in [0.5, 0.6) is 0 Å². The first kappa shape index (κ1) is 14.8. The molecule has 1 fully saturated rings. The van der Waals surface area contributed by atoms with Crippen LogP contribution in [0, 0.1) is 6.92 Å². The van der Waals surface area contributed by atoms with E-state index in [2.05, 4.69) is 4.98 Å². The predicted octanol–water partition coefficient (Wildman–Crippen LogP) is 3.00. The normalized spacial score (nSPS) is 15.1. The maximum absolute atomic E-state index is 12.6. The lowest BCUT2D eigenvalue weighted by Gasteiger charge is -2.20. The average molecular weight is 300 g/mol. The Morgan fingerprint density at radius 1 is 1.36 bits per heavy atom. The molecule has 0 atom stereocenters. The van der Waals surface area contributed by atoms with E-state index in [0.717, 1.165) is 18.4 Å². The summed E-state index contributed by atoms with van der Waals surface area (Å²) in [6.45, 7) is 7.25. The molecule has 0 unspecified atom stereocenters. The summed E-state index contributed by atoms with van der Waals surface area (Å²) in [5.74, 6) is -0.574. The van der Waals surface area contributed by atoms with Crippen molar-refractivity contribution in [3.05, 3.63) is 39.8 Å². The lowest BCUT2D eigenvalue weighted by molar-refractivity contribution is 0.00674. The molecule has 3 rings (SSSR count). The van der Waals surface area contributed by atoms with Gasteiger partial charge in [-0.1, -0.05) is 0 Å². The highest BCUT2D eigenvalue weighted by Crippen LogP contribution is 2.36. The first-order valence-electron chi connectivity index (χ1n) is 7.51. The first-order chi connectivity index (χ1) is 10.3. The number of hydrogen-bond acceptors (Lipinski definition) is 4. The SMILES string of the molecule is Cc1cnc2c(c1)c(=O)c(C(=O)OC(C)(C)C)cn2C1CC1. The minimum absolute atomic E-state index is 0.0849. The van der Waals surface area contributed by atoms with E-state index in [4.69, 9.17) is 4.74 Å². The van der Waals surface area contributed by atoms with Gasteiger partial charge >= 0.3 is 5.97 Å². The van der Waals surface area contributed by atoms with E-state index in [1.54, 1.807) is 39.2 Å². The lowest BCUT2D eigenvalue weighted by Crippen LogP contribution is -2.28. The van der Waals surface area contributed by atoms with Crippen LogP contribution in [0.2, 0.25) is 0 Å². The summed E-state index contributed by atoms with van der Waals surface area (Å²) >= 11 is 0. The van der Waals surface area contributed by atoms with Crippen LogP contribution in [-0.2, 0) is 4.74 Å². The molecule has 0 aliphatic heterocycles. The number of rotatable bonds is 2. The zero-order chi connectivity index (χ0) is 16.1. The standard InChI is InChI=1S/C17H20N2O3/c1-10-7-12-14(20)13(16(21)22-17(2,3)4)9-19(11-5-6-11)15(12)18-8-10/h7-9,11H,5-6H2,1-4H3. The number of fused-ring (bicyclic) bond motifs is 1. The molecule has 0 bridgehead atoms. The first-order valence-corrected chi connectivity index (χ1v) is 7.51. The van der Waals surface area contributed by atoms with E-state index < -0.39 is 11.6 Å². The molecule has 1 aliphatic rings. The molecule has 0 amide bonds. The second-order valence-corrected chi connectivity index (χ2v) is 6.90. The van der Waals surface area contributed by atoms with Crippen LogP contribution < -0.4 is 5.43 Å². The number of ether oxygens (including phenoxy) is 1. The van der Waals surface area contributed by atoms with Gasteiger partial charge in [-0.2, -0.15) is 0 Å². The van der Waals surface area contributed by atoms with E-state index in [1.165, 1.54) is 0 Å². The Kier molecular flexibility index (Phi) is 3.31. The van der Waals surface area contributed by atoms with E-state index in [9.17, 15) is 9.59 Å². The van der Waals surface area contributed by atoms with Gasteiger partial charge in [0.05, 0.1) is 5.39 Å². The molecule has 0 aromatic carbocycles. The highest BCUT2D eigenvalue weighted by atomic mass is 16.6. The van der Waals surface area contributed by atoms with Gasteiger partial charge in [0.25, 0.3) is 0 Å². The smallest absolute Gasteiger partial charge is 0.344 e. The third-order valence-corrected chi connectivity index (χ3v) is 3.56. The highest BCUT2D eigenvalue weighted by molar-refractivity contribution is 5.93. The van der Waals surface area contributed by atoms with Crippen LogP contribution in [0.3, 0.4) is 0 Å². The van der Waals surface area contributed by atoms with Gasteiger partial charge in [0, 0.05) is 18.4 Å². The number of carbonyl (C=O) groups is 1. The molecule has 0 N–H and O–H groups in total. The Morgan fingerprint density at radius 3 is 2.64 bits per heavy atom. The van der Waals surface area contributed by atoms with E-state index in [-0.39, 0.29) is 11.0 Å². The van der Waals surface area contributed by atoms with Gasteiger partial charge in [0.1, 0.15) is 16.8 Å². The van der Waals surface area contributed by atoms with Crippen LogP contribution >= 0.6 is 0 Å². The van der Waals surface area contributed by atoms with Crippen molar-refractivity contribution < 1.29 is 9.53 Å². The van der Waals surface area contributed by atoms with Gasteiger partial charge in [0.2, 0.25) is 5.43 Å². The topological polar surface area (TPSA) is 61.2 Å². The van der Waals surface area contributed by atoms with Crippen molar-refractivity contribution in [1.82, 2.24) is 9.55 Å². The third kappa shape index (κ3) is 2.75. The van der Waals surface area contributed by atoms with Crippen molar-refractivity contribution in [3.8, 4) is 0 Å². The summed E-state index contributed by atoms with van der Waals surface area (Å²) < 4.78 is 7.31. The molecule has 2 aromatic rings. The molecule has 116 valence electrons. The number of aromatic nitrogens is 2. The summed E-state index contributed by atoms with van der Waals surface area (Å²) in [6, 6.07) is 2.11. The second kappa shape index (κ2) is 4.93. The van der Waals surface area contributed by atoms with Crippen molar-refractivity contribution in [2.45, 2.75) is 52.2 Å². The third-order valence-electron chi connectivity index (χ3n) is 3.56. The van der Waals surface area contributed by atoms with E-state index >= 15 is 0 Å². The average Bonchev–Trinajstić information content (AvgIpc) is 3.22. The van der Waals surface area contributed by atoms with Gasteiger partial charge < -0.3 is 9.30 Å². The van der Waals surface area contributed by atoms with E-state index in [1.807, 2.05) is 11.5 Å². The summed E-state index contributed by atoms with van der Waals surface area (Å²) in [6.07, 6.45) is 5.44. The molecule has 5 nitrogen and oxygen atoms in total. The van der Waals surface area contributed by atoms with Gasteiger partial charge in [-0.25, -0.2) is 9.78 Å².